The van der Waals surface area contributed by atoms with Crippen LogP contribution in [0.2, 0.25) is 5.82 Å². The van der Waals surface area contributed by atoms with Crippen molar-refractivity contribution in [3.8, 4) is 0 Å². The Morgan fingerprint density at radius 2 is 0.711 bits per heavy atom. The summed E-state index contributed by atoms with van der Waals surface area (Å²) in [5.74, 6) is 1.30. The van der Waals surface area contributed by atoms with Crippen molar-refractivity contribution in [2.75, 3.05) is 108 Å². The van der Waals surface area contributed by atoms with Gasteiger partial charge in [0.05, 0.1) is 48.2 Å². The van der Waals surface area contributed by atoms with Gasteiger partial charge in [-0.15, -0.1) is 0 Å². The molecule has 17 N–H and O–H groups in total. The van der Waals surface area contributed by atoms with Crippen LogP contribution < -0.4 is 0 Å². The van der Waals surface area contributed by atoms with Crippen molar-refractivity contribution >= 4 is 131 Å². The van der Waals surface area contributed by atoms with Crippen LogP contribution in [0.5, 0.6) is 0 Å². The molecule has 0 aliphatic carbocycles. The highest BCUT2D eigenvalue weighted by Gasteiger charge is 2.24. The minimum absolute atomic E-state index is 0.00551. The molecular formula is C80H177BN2O35P6S4. The van der Waals surface area contributed by atoms with Crippen LogP contribution in [0, 0.1) is 5.92 Å². The molecule has 0 aliphatic heterocycles. The van der Waals surface area contributed by atoms with Gasteiger partial charge in [0.25, 0.3) is 20.2 Å². The van der Waals surface area contributed by atoms with Crippen molar-refractivity contribution in [1.29, 1.82) is 0 Å². The molecule has 2 amide bonds. The van der Waals surface area contributed by atoms with Gasteiger partial charge in [0.15, 0.2) is 5.12 Å². The molecule has 774 valence electrons. The standard InChI is InChI=1S/C13H26O2.C12H27BO2.C12H26O3S.C7H15O4P.C6H14NO4P.C6H13NO4S.C6H13O5P.C6H13O4PS.C6H15O4P.C6H15O3PS/c2*1-3-5-7-9-11-12(13(14)15)10-8-6-4-2;1-3-5-7-9-11-12(16(13,14)15)10-8-6-4-2;1-2-4-7(8)5-3-6-12(9,10)11;2*1-7(2)6(8)4-3-5-12(9,10)11;1-2-11-6(7)4-3-5-12(8,9)10;1-2-12-6(7)4-3-5-11(8,9)10;1-2-10-5-3-4-6-11(7,8)9;1-2-11-6-4-3-5-10(7,8)9/h12H,3-11H2,1-2H3,(H,14,15);12,14-15H,3-11H2,1-2H3;12H,3-11H2,1-2H3,(H,13,14,15);2-6H2,1H3,(H2,9,10,11);3-5H2,1-2H3,(H2,9,10,11);3-5H2,1-2H3,(H,9,10,11);2*2-5H2,1H3,(H2,8,9,10);2*2-6H2,1H3,(H2,7,8,9). The second-order valence-electron chi connectivity index (χ2n) is 30.8. The zero-order chi connectivity index (χ0) is 101. The second kappa shape index (κ2) is 95.9. The average Bonchev–Trinajstić information content (AvgIpc) is 0.892. The number of hydrogen-bond donors (Lipinski definition) is 17. The van der Waals surface area contributed by atoms with Gasteiger partial charge in [0.2, 0.25) is 11.8 Å². The van der Waals surface area contributed by atoms with E-state index in [0.717, 1.165) is 133 Å². The number of esters is 1. The van der Waals surface area contributed by atoms with Gasteiger partial charge in [0, 0.05) is 92.3 Å². The minimum atomic E-state index is -3.95. The maximum Gasteiger partial charge on any atom is 0.454 e. The van der Waals surface area contributed by atoms with Crippen molar-refractivity contribution < 1.29 is 165 Å². The van der Waals surface area contributed by atoms with Crippen molar-refractivity contribution in [3.05, 3.63) is 0 Å². The number of thioether (sulfide) groups is 2. The lowest BCUT2D eigenvalue weighted by molar-refractivity contribution is -0.143. The normalized spacial score (nSPS) is 12.1. The molecule has 0 fully saturated rings. The smallest absolute Gasteiger partial charge is 0.454 e. The predicted octanol–water partition coefficient (Wildman–Crippen LogP) is 16.9. The SMILES string of the molecule is CCCC(=O)CCCP(=O)(O)O.CCCCCCC(CCCCC)B(O)O.CCCCCCC(CCCCC)C(=O)O.CCCCCCC(CCCCC)S(=O)(=O)O.CCOC(=O)CCCP(=O)(O)O.CCOCCCCP(=O)(O)O.CCSC(=O)CCCP(=O)(O)O.CCSCCCCP(=O)(O)O.CN(C)C(=O)CCCP(=O)(O)O.CN(C)C(=O)CCCS(=O)(=O)O. The Kier molecular flexibility index (Phi) is 110. The number of carboxylic acid groups (broad SMARTS) is 1. The second-order valence-corrected chi connectivity index (χ2v) is 47.4. The molecule has 0 radical (unpaired) electrons. The molecule has 128 heavy (non-hydrogen) atoms. The Hall–Kier alpha value is -1.42. The van der Waals surface area contributed by atoms with Crippen molar-refractivity contribution in [2.24, 2.45) is 5.92 Å². The molecule has 3 atom stereocenters. The average molecular weight is 2050 g/mol. The molecule has 3 unspecified atom stereocenters. The number of Topliss-reactive ketones (excluding diaryl/α,β-unsaturated/α-hetero) is 1. The molecule has 0 rings (SSSR count). The highest BCUT2D eigenvalue weighted by Crippen LogP contribution is 2.39. The summed E-state index contributed by atoms with van der Waals surface area (Å²) in [6.45, 7) is 23.9. The Labute approximate surface area is 778 Å². The maximum atomic E-state index is 11.1. The largest absolute Gasteiger partial charge is 0.481 e. The van der Waals surface area contributed by atoms with E-state index in [9.17, 15) is 83.0 Å². The summed E-state index contributed by atoms with van der Waals surface area (Å²) in [6, 6.07) is 0. The number of nitrogens with zero attached hydrogens (tertiary/aromatic N) is 2. The summed E-state index contributed by atoms with van der Waals surface area (Å²) in [6.07, 6.45) is 34.1. The van der Waals surface area contributed by atoms with E-state index in [0.29, 0.717) is 64.8 Å². The van der Waals surface area contributed by atoms with E-state index in [2.05, 4.69) is 53.2 Å². The third kappa shape index (κ3) is 147. The number of carbonyl (C=O) groups is 6. The molecule has 48 heteroatoms. The van der Waals surface area contributed by atoms with Gasteiger partial charge in [-0.1, -0.05) is 222 Å². The minimum Gasteiger partial charge on any atom is -0.481 e. The maximum absolute atomic E-state index is 11.1. The summed E-state index contributed by atoms with van der Waals surface area (Å²) in [4.78, 5) is 169. The number of carbonyl (C=O) groups excluding carboxylic acids is 5. The van der Waals surface area contributed by atoms with Gasteiger partial charge >= 0.3 is 64.6 Å². The Balaban J connectivity index is -0.000000151. The van der Waals surface area contributed by atoms with E-state index >= 15 is 0 Å². The van der Waals surface area contributed by atoms with Crippen molar-refractivity contribution in [3.63, 3.8) is 0 Å². The molecule has 0 aliphatic rings. The fourth-order valence-corrected chi connectivity index (χ4v) is 16.8. The highest BCUT2D eigenvalue weighted by molar-refractivity contribution is 8.13. The van der Waals surface area contributed by atoms with E-state index in [-0.39, 0.29) is 129 Å². The molecule has 0 heterocycles. The molecule has 0 aromatic carbocycles. The molecule has 0 bridgehead atoms. The quantitative estimate of drug-likeness (QED) is 0.00884. The molecular weight excluding hydrogens is 1870 g/mol. The van der Waals surface area contributed by atoms with Gasteiger partial charge in [-0.3, -0.25) is 65.3 Å². The number of aliphatic carboxylic acids is 1. The van der Waals surface area contributed by atoms with Crippen LogP contribution in [0.15, 0.2) is 0 Å². The Morgan fingerprint density at radius 3 is 1.05 bits per heavy atom. The summed E-state index contributed by atoms with van der Waals surface area (Å²) in [5, 5.41) is 27.0. The van der Waals surface area contributed by atoms with Crippen LogP contribution >= 0.6 is 69.1 Å². The first-order valence-corrected chi connectivity index (χ1v) is 61.3. The van der Waals surface area contributed by atoms with Crippen LogP contribution in [0.3, 0.4) is 0 Å². The molecule has 0 spiro atoms. The lowest BCUT2D eigenvalue weighted by Crippen LogP contribution is -2.22. The number of hydrogen-bond acceptors (Lipinski definition) is 22. The van der Waals surface area contributed by atoms with Crippen molar-refractivity contribution in [2.45, 2.75) is 363 Å². The lowest BCUT2D eigenvalue weighted by Gasteiger charge is -2.15. The summed E-state index contributed by atoms with van der Waals surface area (Å²) < 4.78 is 132. The van der Waals surface area contributed by atoms with Crippen LogP contribution in [-0.4, -0.2) is 265 Å². The zero-order valence-electron chi connectivity index (χ0n) is 80.1. The number of unbranched alkanes of at least 4 members (excludes halogenated alkanes) is 17. The van der Waals surface area contributed by atoms with Gasteiger partial charge < -0.3 is 93.1 Å². The lowest BCUT2D eigenvalue weighted by atomic mass is 9.67. The van der Waals surface area contributed by atoms with Crippen molar-refractivity contribution in [1.82, 2.24) is 9.80 Å². The van der Waals surface area contributed by atoms with E-state index < -0.39 is 90.1 Å². The number of ketones is 1. The van der Waals surface area contributed by atoms with Crippen LogP contribution in [0.4, 0.5) is 0 Å². The third-order valence-corrected chi connectivity index (χ3v) is 26.9. The topological polar surface area (TPSA) is 642 Å². The first-order valence-electron chi connectivity index (χ1n) is 45.3. The van der Waals surface area contributed by atoms with E-state index in [1.807, 2.05) is 20.8 Å². The fourth-order valence-electron chi connectivity index (χ4n) is 10.5. The first kappa shape index (κ1) is 147. The molecule has 0 aromatic rings. The van der Waals surface area contributed by atoms with E-state index in [4.69, 9.17) is 77.7 Å². The molecule has 0 aromatic heterocycles. The van der Waals surface area contributed by atoms with Crippen LogP contribution in [-0.2, 0) is 85.9 Å². The Bertz CT molecular complexity index is 3030. The summed E-state index contributed by atoms with van der Waals surface area (Å²) in [5.41, 5.74) is 0. The van der Waals surface area contributed by atoms with Crippen LogP contribution in [0.1, 0.15) is 352 Å². The van der Waals surface area contributed by atoms with Crippen LogP contribution in [0.25, 0.3) is 0 Å². The number of rotatable bonds is 66. The summed E-state index contributed by atoms with van der Waals surface area (Å²) in [7, 11) is -25.6. The predicted molar refractivity (Wildman–Crippen MR) is 518 cm³/mol. The van der Waals surface area contributed by atoms with Gasteiger partial charge in [-0.05, 0) is 127 Å². The number of carboxylic acids is 1. The molecule has 37 nitrogen and oxygen atoms in total. The zero-order valence-corrected chi connectivity index (χ0v) is 88.7. The summed E-state index contributed by atoms with van der Waals surface area (Å²) >= 11 is 3.00. The fraction of sp³-hybridized carbons (Fsp3) is 0.925. The molecule has 0 saturated heterocycles. The van der Waals surface area contributed by atoms with E-state index in [1.54, 1.807) is 46.9 Å². The third-order valence-electron chi connectivity index (χ3n) is 17.6. The Morgan fingerprint density at radius 1 is 0.375 bits per heavy atom. The number of ether oxygens (including phenoxy) is 2. The van der Waals surface area contributed by atoms with E-state index in [1.165, 1.54) is 85.8 Å². The van der Waals surface area contributed by atoms with Gasteiger partial charge in [-0.25, -0.2) is 0 Å². The highest BCUT2D eigenvalue weighted by atomic mass is 32.2. The van der Waals surface area contributed by atoms with Gasteiger partial charge in [-0.2, -0.15) is 28.6 Å². The monoisotopic (exact) mass is 2050 g/mol. The molecule has 0 saturated carbocycles. The number of amides is 2. The first-order chi connectivity index (χ1) is 59.1. The van der Waals surface area contributed by atoms with Gasteiger partial charge in [0.1, 0.15) is 5.78 Å².